The van der Waals surface area contributed by atoms with Crippen molar-refractivity contribution >= 4 is 0 Å². The highest BCUT2D eigenvalue weighted by molar-refractivity contribution is 5.21. The van der Waals surface area contributed by atoms with E-state index in [1.54, 1.807) is 0 Å². The molecule has 3 rings (SSSR count). The molecule has 1 atom stereocenters. The number of hydrogen-bond acceptors (Lipinski definition) is 1. The van der Waals surface area contributed by atoms with Gasteiger partial charge in [-0.15, -0.1) is 0 Å². The minimum atomic E-state index is -3.45. The molecule has 2 aliphatic rings. The van der Waals surface area contributed by atoms with Crippen molar-refractivity contribution in [1.82, 2.24) is 0 Å². The maximum absolute atomic E-state index is 14.5. The van der Waals surface area contributed by atoms with Gasteiger partial charge in [0.25, 0.3) is 0 Å². The largest absolute Gasteiger partial charge is 0.382 e. The molecule has 0 radical (unpaired) electrons. The quantitative estimate of drug-likeness (QED) is 0.509. The number of ether oxygens (including phenoxy) is 1. The van der Waals surface area contributed by atoms with Gasteiger partial charge in [0.1, 0.15) is 5.83 Å². The summed E-state index contributed by atoms with van der Waals surface area (Å²) in [6.07, 6.45) is 2.11. The Morgan fingerprint density at radius 1 is 1.04 bits per heavy atom. The minimum Gasteiger partial charge on any atom is -0.313 e. The van der Waals surface area contributed by atoms with Crippen LogP contribution in [0.2, 0.25) is 0 Å². The van der Waals surface area contributed by atoms with Crippen molar-refractivity contribution in [3.8, 4) is 0 Å². The van der Waals surface area contributed by atoms with Crippen LogP contribution < -0.4 is 0 Å². The zero-order chi connectivity index (χ0) is 19.4. The van der Waals surface area contributed by atoms with Crippen molar-refractivity contribution in [2.24, 2.45) is 11.8 Å². The number of halogens is 3. The smallest absolute Gasteiger partial charge is 0.313 e. The summed E-state index contributed by atoms with van der Waals surface area (Å²) in [7, 11) is 0. The third kappa shape index (κ3) is 5.60. The lowest BCUT2D eigenvalue weighted by molar-refractivity contribution is -0.244. The van der Waals surface area contributed by atoms with Crippen molar-refractivity contribution in [2.45, 2.75) is 83.8 Å². The summed E-state index contributed by atoms with van der Waals surface area (Å²) in [5.41, 5.74) is 2.18. The van der Waals surface area contributed by atoms with Crippen molar-refractivity contribution in [2.75, 3.05) is 0 Å². The van der Waals surface area contributed by atoms with E-state index in [0.717, 1.165) is 25.7 Å². The number of rotatable bonds is 6. The third-order valence-corrected chi connectivity index (χ3v) is 6.16. The van der Waals surface area contributed by atoms with Crippen LogP contribution in [0.1, 0.15) is 69.4 Å². The molecule has 0 heterocycles. The number of alkyl halides is 2. The normalized spacial score (nSPS) is 27.1. The summed E-state index contributed by atoms with van der Waals surface area (Å²) < 4.78 is 48.0. The van der Waals surface area contributed by atoms with Crippen LogP contribution in [-0.2, 0) is 11.2 Å². The average molecular weight is 380 g/mol. The van der Waals surface area contributed by atoms with Gasteiger partial charge in [-0.1, -0.05) is 36.8 Å². The number of benzene rings is 1. The van der Waals surface area contributed by atoms with Gasteiger partial charge in [0.15, 0.2) is 0 Å². The van der Waals surface area contributed by atoms with Crippen LogP contribution in [0, 0.1) is 18.8 Å². The van der Waals surface area contributed by atoms with E-state index in [0.29, 0.717) is 25.2 Å². The molecule has 1 unspecified atom stereocenters. The molecule has 4 heteroatoms. The van der Waals surface area contributed by atoms with Gasteiger partial charge < -0.3 is 4.74 Å². The van der Waals surface area contributed by atoms with Gasteiger partial charge in [-0.3, -0.25) is 0 Å². The van der Waals surface area contributed by atoms with Crippen LogP contribution in [0.25, 0.3) is 0 Å². The molecule has 1 nitrogen and oxygen atoms in total. The standard InChI is InChI=1S/C23H31F3O/c1-16-3-6-18(7-4-16)8-9-19-10-12-20(13-11-19)27-23(25,26)21-14-5-17(2)15-22(21)24/h3-4,6-7,17,19-20H,5,8-15H2,1-2H3. The van der Waals surface area contributed by atoms with E-state index in [-0.39, 0.29) is 18.8 Å². The van der Waals surface area contributed by atoms with Crippen LogP contribution in [0.15, 0.2) is 35.7 Å². The average Bonchev–Trinajstić information content (AvgIpc) is 2.62. The molecular formula is C23H31F3O. The second kappa shape index (κ2) is 8.81. The lowest BCUT2D eigenvalue weighted by Crippen LogP contribution is -2.34. The molecule has 0 saturated heterocycles. The summed E-state index contributed by atoms with van der Waals surface area (Å²) >= 11 is 0. The van der Waals surface area contributed by atoms with Crippen LogP contribution >= 0.6 is 0 Å². The molecule has 0 aliphatic heterocycles. The summed E-state index contributed by atoms with van der Waals surface area (Å²) in [6, 6.07) is 8.58. The second-order valence-corrected chi connectivity index (χ2v) is 8.53. The van der Waals surface area contributed by atoms with E-state index in [2.05, 4.69) is 31.2 Å². The third-order valence-electron chi connectivity index (χ3n) is 6.16. The molecule has 0 N–H and O–H groups in total. The van der Waals surface area contributed by atoms with Crippen LogP contribution in [-0.4, -0.2) is 12.2 Å². The van der Waals surface area contributed by atoms with Gasteiger partial charge in [-0.05, 0) is 75.7 Å². The lowest BCUT2D eigenvalue weighted by atomic mass is 9.83. The van der Waals surface area contributed by atoms with Crippen LogP contribution in [0.3, 0.4) is 0 Å². The van der Waals surface area contributed by atoms with E-state index in [1.165, 1.54) is 11.1 Å². The lowest BCUT2D eigenvalue weighted by Gasteiger charge is -2.33. The van der Waals surface area contributed by atoms with E-state index in [4.69, 9.17) is 4.74 Å². The monoisotopic (exact) mass is 380 g/mol. The highest BCUT2D eigenvalue weighted by Gasteiger charge is 2.42. The van der Waals surface area contributed by atoms with Crippen molar-refractivity contribution in [3.05, 3.63) is 46.8 Å². The molecular weight excluding hydrogens is 349 g/mol. The Labute approximate surface area is 161 Å². The predicted molar refractivity (Wildman–Crippen MR) is 102 cm³/mol. The Bertz CT molecular complexity index is 642. The Morgan fingerprint density at radius 2 is 1.70 bits per heavy atom. The molecule has 0 spiro atoms. The summed E-state index contributed by atoms with van der Waals surface area (Å²) in [4.78, 5) is 0. The maximum atomic E-state index is 14.5. The highest BCUT2D eigenvalue weighted by Crippen LogP contribution is 2.42. The molecule has 2 aliphatic carbocycles. The fraction of sp³-hybridized carbons (Fsp3) is 0.652. The van der Waals surface area contributed by atoms with Gasteiger partial charge in [0, 0.05) is 6.42 Å². The van der Waals surface area contributed by atoms with E-state index < -0.39 is 23.6 Å². The Balaban J connectivity index is 1.46. The zero-order valence-electron chi connectivity index (χ0n) is 16.4. The van der Waals surface area contributed by atoms with Crippen molar-refractivity contribution in [3.63, 3.8) is 0 Å². The van der Waals surface area contributed by atoms with Gasteiger partial charge in [-0.2, -0.15) is 8.78 Å². The Morgan fingerprint density at radius 3 is 2.33 bits per heavy atom. The maximum Gasteiger partial charge on any atom is 0.382 e. The van der Waals surface area contributed by atoms with Crippen molar-refractivity contribution < 1.29 is 17.9 Å². The van der Waals surface area contributed by atoms with Gasteiger partial charge in [0.05, 0.1) is 11.7 Å². The fourth-order valence-electron chi connectivity index (χ4n) is 4.31. The molecule has 0 aromatic heterocycles. The van der Waals surface area contributed by atoms with Crippen molar-refractivity contribution in [1.29, 1.82) is 0 Å². The first-order chi connectivity index (χ1) is 12.8. The molecule has 1 aromatic carbocycles. The SMILES string of the molecule is Cc1ccc(CCC2CCC(OC(F)(F)C3=C(F)CC(C)CC3)CC2)cc1. The minimum absolute atomic E-state index is 0.103. The molecule has 1 saturated carbocycles. The van der Waals surface area contributed by atoms with Gasteiger partial charge in [0.2, 0.25) is 0 Å². The topological polar surface area (TPSA) is 9.23 Å². The number of allylic oxidation sites excluding steroid dienone is 1. The Hall–Kier alpha value is -1.29. The molecule has 1 fully saturated rings. The van der Waals surface area contributed by atoms with E-state index in [1.807, 2.05) is 6.92 Å². The number of hydrogen-bond donors (Lipinski definition) is 0. The molecule has 150 valence electrons. The van der Waals surface area contributed by atoms with Gasteiger partial charge >= 0.3 is 6.11 Å². The van der Waals surface area contributed by atoms with Gasteiger partial charge in [-0.25, -0.2) is 4.39 Å². The highest BCUT2D eigenvalue weighted by atomic mass is 19.3. The van der Waals surface area contributed by atoms with Crippen LogP contribution in [0.5, 0.6) is 0 Å². The first-order valence-electron chi connectivity index (χ1n) is 10.3. The Kier molecular flexibility index (Phi) is 6.67. The summed E-state index contributed by atoms with van der Waals surface area (Å²) in [5, 5.41) is 0. The molecule has 0 amide bonds. The zero-order valence-corrected chi connectivity index (χ0v) is 16.4. The summed E-state index contributed by atoms with van der Waals surface area (Å²) in [6.45, 7) is 3.98. The molecule has 0 bridgehead atoms. The second-order valence-electron chi connectivity index (χ2n) is 8.53. The van der Waals surface area contributed by atoms with E-state index in [9.17, 15) is 13.2 Å². The van der Waals surface area contributed by atoms with E-state index >= 15 is 0 Å². The number of aryl methyl sites for hydroxylation is 2. The predicted octanol–water partition coefficient (Wildman–Crippen LogP) is 7.14. The molecule has 1 aromatic rings. The first-order valence-corrected chi connectivity index (χ1v) is 10.3. The summed E-state index contributed by atoms with van der Waals surface area (Å²) in [5.74, 6) is 0.0327. The first kappa shape index (κ1) is 20.4. The van der Waals surface area contributed by atoms with Crippen LogP contribution in [0.4, 0.5) is 13.2 Å². The molecule has 27 heavy (non-hydrogen) atoms. The fourth-order valence-corrected chi connectivity index (χ4v) is 4.31.